The Balaban J connectivity index is 1.85. The molecule has 144 valence electrons. The van der Waals surface area contributed by atoms with Crippen LogP contribution in [0.25, 0.3) is 0 Å². The number of carbonyl (C=O) groups is 1. The fourth-order valence-corrected chi connectivity index (χ4v) is 2.96. The van der Waals surface area contributed by atoms with Crippen LogP contribution in [0, 0.1) is 5.82 Å². The summed E-state index contributed by atoms with van der Waals surface area (Å²) in [4.78, 5) is 12.7. The third kappa shape index (κ3) is 4.88. The Morgan fingerprint density at radius 1 is 0.929 bits per heavy atom. The first-order valence-electron chi connectivity index (χ1n) is 8.92. The molecule has 0 bridgehead atoms. The minimum absolute atomic E-state index is 0.282. The van der Waals surface area contributed by atoms with Crippen molar-refractivity contribution in [2.75, 3.05) is 14.2 Å². The van der Waals surface area contributed by atoms with Crippen LogP contribution < -0.4 is 14.8 Å². The van der Waals surface area contributed by atoms with E-state index in [2.05, 4.69) is 5.32 Å². The van der Waals surface area contributed by atoms with Crippen molar-refractivity contribution in [3.63, 3.8) is 0 Å². The van der Waals surface area contributed by atoms with E-state index in [4.69, 9.17) is 9.47 Å². The fourth-order valence-electron chi connectivity index (χ4n) is 2.96. The predicted molar refractivity (Wildman–Crippen MR) is 106 cm³/mol. The minimum Gasteiger partial charge on any atom is -0.497 e. The second kappa shape index (κ2) is 9.04. The van der Waals surface area contributed by atoms with Gasteiger partial charge in [0.25, 0.3) is 5.91 Å². The van der Waals surface area contributed by atoms with Gasteiger partial charge in [0.15, 0.2) is 0 Å². The molecule has 28 heavy (non-hydrogen) atoms. The molecule has 0 saturated heterocycles. The number of hydrogen-bond acceptors (Lipinski definition) is 3. The molecule has 0 heterocycles. The molecule has 3 aromatic carbocycles. The summed E-state index contributed by atoms with van der Waals surface area (Å²) in [6, 6.07) is 20.6. The summed E-state index contributed by atoms with van der Waals surface area (Å²) in [5.74, 6) is 0.745. The Hall–Kier alpha value is -3.34. The smallest absolute Gasteiger partial charge is 0.251 e. The van der Waals surface area contributed by atoms with E-state index < -0.39 is 5.82 Å². The highest BCUT2D eigenvalue weighted by Gasteiger charge is 2.17. The van der Waals surface area contributed by atoms with Crippen molar-refractivity contribution in [1.29, 1.82) is 0 Å². The molecule has 0 aliphatic carbocycles. The van der Waals surface area contributed by atoms with E-state index in [1.54, 1.807) is 20.3 Å². The lowest BCUT2D eigenvalue weighted by Gasteiger charge is -2.20. The average molecular weight is 379 g/mol. The summed E-state index contributed by atoms with van der Waals surface area (Å²) in [6.07, 6.45) is 0.581. The van der Waals surface area contributed by atoms with Crippen molar-refractivity contribution in [1.82, 2.24) is 5.32 Å². The molecule has 1 amide bonds. The monoisotopic (exact) mass is 379 g/mol. The Morgan fingerprint density at radius 2 is 1.54 bits per heavy atom. The standard InChI is InChI=1S/C23H22FNO3/c1-27-20-10-6-16(7-11-20)14-22(17-8-12-21(28-2)13-9-17)25-23(26)18-4-3-5-19(24)15-18/h3-13,15,22H,14H2,1-2H3,(H,25,26). The van der Waals surface area contributed by atoms with E-state index in [0.717, 1.165) is 22.6 Å². The number of hydrogen-bond donors (Lipinski definition) is 1. The van der Waals surface area contributed by atoms with Crippen molar-refractivity contribution < 1.29 is 18.7 Å². The summed E-state index contributed by atoms with van der Waals surface area (Å²) in [5.41, 5.74) is 2.26. The topological polar surface area (TPSA) is 47.6 Å². The van der Waals surface area contributed by atoms with Gasteiger partial charge in [-0.05, 0) is 60.0 Å². The molecule has 0 aliphatic rings. The van der Waals surface area contributed by atoms with Crippen molar-refractivity contribution in [2.45, 2.75) is 12.5 Å². The molecule has 1 N–H and O–H groups in total. The molecule has 0 aromatic heterocycles. The molecule has 3 rings (SSSR count). The zero-order valence-electron chi connectivity index (χ0n) is 15.8. The maximum atomic E-state index is 13.5. The SMILES string of the molecule is COc1ccc(CC(NC(=O)c2cccc(F)c2)c2ccc(OC)cc2)cc1. The lowest BCUT2D eigenvalue weighted by molar-refractivity contribution is 0.0936. The van der Waals surface area contributed by atoms with E-state index in [0.29, 0.717) is 6.42 Å². The van der Waals surface area contributed by atoms with E-state index in [1.165, 1.54) is 18.2 Å². The first kappa shape index (κ1) is 19.4. The molecule has 5 heteroatoms. The second-order valence-electron chi connectivity index (χ2n) is 6.36. The zero-order valence-corrected chi connectivity index (χ0v) is 15.8. The van der Waals surface area contributed by atoms with Crippen LogP contribution in [-0.4, -0.2) is 20.1 Å². The number of carbonyl (C=O) groups excluding carboxylic acids is 1. The van der Waals surface area contributed by atoms with E-state index in [-0.39, 0.29) is 17.5 Å². The number of methoxy groups -OCH3 is 2. The molecule has 0 aliphatic heterocycles. The predicted octanol–water partition coefficient (Wildman–Crippen LogP) is 4.56. The van der Waals surface area contributed by atoms with Gasteiger partial charge >= 0.3 is 0 Å². The summed E-state index contributed by atoms with van der Waals surface area (Å²) in [5, 5.41) is 3.01. The van der Waals surface area contributed by atoms with E-state index >= 15 is 0 Å². The van der Waals surface area contributed by atoms with Gasteiger partial charge in [0.1, 0.15) is 17.3 Å². The molecule has 3 aromatic rings. The van der Waals surface area contributed by atoms with Gasteiger partial charge in [0.05, 0.1) is 20.3 Å². The Kier molecular flexibility index (Phi) is 6.27. The lowest BCUT2D eigenvalue weighted by Crippen LogP contribution is -2.30. The number of amides is 1. The van der Waals surface area contributed by atoms with E-state index in [9.17, 15) is 9.18 Å². The molecular weight excluding hydrogens is 357 g/mol. The maximum Gasteiger partial charge on any atom is 0.251 e. The van der Waals surface area contributed by atoms with Crippen LogP contribution in [0.15, 0.2) is 72.8 Å². The molecule has 1 unspecified atom stereocenters. The molecule has 0 spiro atoms. The minimum atomic E-state index is -0.441. The third-order valence-corrected chi connectivity index (χ3v) is 4.51. The van der Waals surface area contributed by atoms with E-state index in [1.807, 2.05) is 48.5 Å². The van der Waals surface area contributed by atoms with Crippen LogP contribution in [0.5, 0.6) is 11.5 Å². The van der Waals surface area contributed by atoms with Gasteiger partial charge in [-0.15, -0.1) is 0 Å². The van der Waals surface area contributed by atoms with Crippen LogP contribution >= 0.6 is 0 Å². The summed E-state index contributed by atoms with van der Waals surface area (Å²) >= 11 is 0. The Labute approximate surface area is 163 Å². The normalized spacial score (nSPS) is 11.5. The first-order chi connectivity index (χ1) is 13.6. The second-order valence-corrected chi connectivity index (χ2v) is 6.36. The summed E-state index contributed by atoms with van der Waals surface area (Å²) in [7, 11) is 3.23. The third-order valence-electron chi connectivity index (χ3n) is 4.51. The highest BCUT2D eigenvalue weighted by molar-refractivity contribution is 5.94. The molecule has 4 nitrogen and oxygen atoms in total. The number of halogens is 1. The van der Waals surface area contributed by atoms with Gasteiger partial charge in [-0.25, -0.2) is 4.39 Å². The van der Waals surface area contributed by atoms with Gasteiger partial charge < -0.3 is 14.8 Å². The number of benzene rings is 3. The van der Waals surface area contributed by atoms with Crippen LogP contribution in [0.3, 0.4) is 0 Å². The average Bonchev–Trinajstić information content (AvgIpc) is 2.74. The van der Waals surface area contributed by atoms with Crippen LogP contribution in [0.1, 0.15) is 27.5 Å². The van der Waals surface area contributed by atoms with Crippen LogP contribution in [0.4, 0.5) is 4.39 Å². The molecule has 0 saturated carbocycles. The van der Waals surface area contributed by atoms with Crippen LogP contribution in [-0.2, 0) is 6.42 Å². The van der Waals surface area contributed by atoms with Crippen molar-refractivity contribution >= 4 is 5.91 Å². The fraction of sp³-hybridized carbons (Fsp3) is 0.174. The van der Waals surface area contributed by atoms with Gasteiger partial charge in [0, 0.05) is 5.56 Å². The molecule has 1 atom stereocenters. The summed E-state index contributed by atoms with van der Waals surface area (Å²) < 4.78 is 23.9. The number of nitrogens with one attached hydrogen (secondary N) is 1. The summed E-state index contributed by atoms with van der Waals surface area (Å²) in [6.45, 7) is 0. The molecular formula is C23H22FNO3. The van der Waals surface area contributed by atoms with Gasteiger partial charge in [-0.3, -0.25) is 4.79 Å². The highest BCUT2D eigenvalue weighted by atomic mass is 19.1. The number of ether oxygens (including phenoxy) is 2. The van der Waals surface area contributed by atoms with Crippen LogP contribution in [0.2, 0.25) is 0 Å². The van der Waals surface area contributed by atoms with Gasteiger partial charge in [-0.2, -0.15) is 0 Å². The zero-order chi connectivity index (χ0) is 19.9. The molecule has 0 fully saturated rings. The molecule has 0 radical (unpaired) electrons. The first-order valence-corrected chi connectivity index (χ1v) is 8.92. The lowest BCUT2D eigenvalue weighted by atomic mass is 9.98. The quantitative estimate of drug-likeness (QED) is 0.655. The van der Waals surface area contributed by atoms with Gasteiger partial charge in [-0.1, -0.05) is 30.3 Å². The van der Waals surface area contributed by atoms with Crippen molar-refractivity contribution in [3.05, 3.63) is 95.3 Å². The Bertz CT molecular complexity index is 923. The highest BCUT2D eigenvalue weighted by Crippen LogP contribution is 2.23. The number of rotatable bonds is 7. The van der Waals surface area contributed by atoms with Gasteiger partial charge in [0.2, 0.25) is 0 Å². The largest absolute Gasteiger partial charge is 0.497 e. The Morgan fingerprint density at radius 3 is 2.11 bits per heavy atom. The maximum absolute atomic E-state index is 13.5. The van der Waals surface area contributed by atoms with Crippen molar-refractivity contribution in [2.24, 2.45) is 0 Å². The van der Waals surface area contributed by atoms with Crippen molar-refractivity contribution in [3.8, 4) is 11.5 Å².